The van der Waals surface area contributed by atoms with Gasteiger partial charge in [-0.25, -0.2) is 9.97 Å². The van der Waals surface area contributed by atoms with Crippen LogP contribution in [0.15, 0.2) is 36.1 Å². The zero-order valence-electron chi connectivity index (χ0n) is 18.6. The second-order valence-corrected chi connectivity index (χ2v) is 14.2. The van der Waals surface area contributed by atoms with Crippen LogP contribution < -0.4 is 0 Å². The van der Waals surface area contributed by atoms with Crippen LogP contribution in [0, 0.1) is 0 Å². The van der Waals surface area contributed by atoms with Gasteiger partial charge in [-0.2, -0.15) is 5.10 Å². The van der Waals surface area contributed by atoms with Crippen molar-refractivity contribution in [1.82, 2.24) is 24.3 Å². The predicted octanol–water partition coefficient (Wildman–Crippen LogP) is 4.58. The van der Waals surface area contributed by atoms with Crippen molar-refractivity contribution in [3.05, 3.63) is 31.0 Å². The molecule has 3 heterocycles. The van der Waals surface area contributed by atoms with Crippen LogP contribution in [0.25, 0.3) is 22.3 Å². The first kappa shape index (κ1) is 22.2. The summed E-state index contributed by atoms with van der Waals surface area (Å²) < 4.78 is 9.91. The molecule has 0 fully saturated rings. The van der Waals surface area contributed by atoms with E-state index in [1.165, 1.54) is 0 Å². The third kappa shape index (κ3) is 5.54. The van der Waals surface area contributed by atoms with Crippen LogP contribution in [0.1, 0.15) is 25.8 Å². The maximum atomic E-state index is 5.90. The van der Waals surface area contributed by atoms with Gasteiger partial charge in [0.2, 0.25) is 0 Å². The van der Waals surface area contributed by atoms with Gasteiger partial charge in [-0.05, 0) is 18.5 Å². The fourth-order valence-corrected chi connectivity index (χ4v) is 4.00. The third-order valence-electron chi connectivity index (χ3n) is 5.06. The average molecular weight is 429 g/mol. The van der Waals surface area contributed by atoms with Gasteiger partial charge in [0.25, 0.3) is 0 Å². The van der Waals surface area contributed by atoms with Crippen molar-refractivity contribution in [2.45, 2.75) is 58.2 Å². The summed E-state index contributed by atoms with van der Waals surface area (Å²) in [5, 5.41) is 9.40. The number of nitrogens with zero attached hydrogens (tertiary/aromatic N) is 6. The zero-order valence-corrected chi connectivity index (χ0v) is 19.6. The van der Waals surface area contributed by atoms with Gasteiger partial charge in [-0.3, -0.25) is 4.68 Å². The van der Waals surface area contributed by atoms with E-state index in [4.69, 9.17) is 9.57 Å². The van der Waals surface area contributed by atoms with Gasteiger partial charge in [0.05, 0.1) is 17.9 Å². The highest BCUT2D eigenvalue weighted by atomic mass is 28.3. The highest BCUT2D eigenvalue weighted by molar-refractivity contribution is 6.76. The van der Waals surface area contributed by atoms with E-state index in [9.17, 15) is 0 Å². The smallest absolute Gasteiger partial charge is 0.145 e. The normalized spacial score (nSPS) is 13.4. The van der Waals surface area contributed by atoms with E-state index < -0.39 is 8.07 Å². The molecule has 0 radical (unpaired) electrons. The summed E-state index contributed by atoms with van der Waals surface area (Å²) in [6, 6.07) is 3.42. The van der Waals surface area contributed by atoms with Gasteiger partial charge >= 0.3 is 0 Å². The SMILES string of the molecule is CCC(CC=NOC)n1cc(-c2ncnc3c2ccn3COCC[Si](C)(C)C)cn1. The van der Waals surface area contributed by atoms with E-state index in [1.807, 2.05) is 33.9 Å². The molecule has 0 aromatic carbocycles. The molecule has 8 nitrogen and oxygen atoms in total. The van der Waals surface area contributed by atoms with Crippen LogP contribution in [0.3, 0.4) is 0 Å². The summed E-state index contributed by atoms with van der Waals surface area (Å²) in [5.74, 6) is 0. The van der Waals surface area contributed by atoms with Crippen molar-refractivity contribution >= 4 is 25.3 Å². The van der Waals surface area contributed by atoms with Crippen LogP contribution in [-0.2, 0) is 16.3 Å². The summed E-state index contributed by atoms with van der Waals surface area (Å²) in [6.45, 7) is 10.5. The summed E-state index contributed by atoms with van der Waals surface area (Å²) >= 11 is 0. The Kier molecular flexibility index (Phi) is 7.38. The number of hydrogen-bond acceptors (Lipinski definition) is 6. The topological polar surface area (TPSA) is 79.3 Å². The lowest BCUT2D eigenvalue weighted by molar-refractivity contribution is 0.0899. The molecular formula is C21H32N6O2Si. The van der Waals surface area contributed by atoms with Crippen LogP contribution in [-0.4, -0.2) is 52.3 Å². The molecule has 3 aromatic rings. The molecule has 0 amide bonds. The summed E-state index contributed by atoms with van der Waals surface area (Å²) in [7, 11) is 0.457. The van der Waals surface area contributed by atoms with Crippen molar-refractivity contribution in [3.63, 3.8) is 0 Å². The standard InChI is InChI=1S/C21H32N6O2Si/c1-6-18(7-9-25-28-2)27-14-17(13-24-27)20-19-8-10-26(21(19)23-15-22-20)16-29-11-12-30(3,4)5/h8-10,13-15,18H,6-7,11-12,16H2,1-5H3. The van der Waals surface area contributed by atoms with Crippen molar-refractivity contribution in [3.8, 4) is 11.3 Å². The van der Waals surface area contributed by atoms with Gasteiger partial charge in [-0.1, -0.05) is 31.7 Å². The maximum absolute atomic E-state index is 5.90. The molecule has 1 atom stereocenters. The first-order valence-electron chi connectivity index (χ1n) is 10.4. The molecule has 0 aliphatic carbocycles. The van der Waals surface area contributed by atoms with Crippen molar-refractivity contribution in [2.75, 3.05) is 13.7 Å². The molecule has 3 aromatic heterocycles. The molecule has 3 rings (SSSR count). The Morgan fingerprint density at radius 1 is 1.27 bits per heavy atom. The van der Waals surface area contributed by atoms with Crippen LogP contribution in [0.2, 0.25) is 25.7 Å². The quantitative estimate of drug-likeness (QED) is 0.193. The number of ether oxygens (including phenoxy) is 1. The minimum Gasteiger partial charge on any atom is -0.399 e. The lowest BCUT2D eigenvalue weighted by atomic mass is 10.1. The van der Waals surface area contributed by atoms with E-state index in [1.54, 1.807) is 19.7 Å². The van der Waals surface area contributed by atoms with E-state index in [-0.39, 0.29) is 6.04 Å². The number of aromatic nitrogens is 5. The minimum atomic E-state index is -1.09. The average Bonchev–Trinajstić information content (AvgIpc) is 3.35. The molecule has 0 aliphatic rings. The fourth-order valence-electron chi connectivity index (χ4n) is 3.24. The van der Waals surface area contributed by atoms with Gasteiger partial charge in [-0.15, -0.1) is 0 Å². The maximum Gasteiger partial charge on any atom is 0.145 e. The van der Waals surface area contributed by atoms with E-state index in [0.29, 0.717) is 6.73 Å². The Morgan fingerprint density at radius 2 is 2.10 bits per heavy atom. The fraction of sp³-hybridized carbons (Fsp3) is 0.524. The number of hydrogen-bond donors (Lipinski definition) is 0. The van der Waals surface area contributed by atoms with Gasteiger partial charge in [0.15, 0.2) is 0 Å². The highest BCUT2D eigenvalue weighted by Gasteiger charge is 2.15. The Bertz CT molecular complexity index is 975. The van der Waals surface area contributed by atoms with Gasteiger partial charge in [0.1, 0.15) is 25.8 Å². The number of fused-ring (bicyclic) bond motifs is 1. The Morgan fingerprint density at radius 3 is 2.83 bits per heavy atom. The molecule has 9 heteroatoms. The molecule has 0 saturated heterocycles. The highest BCUT2D eigenvalue weighted by Crippen LogP contribution is 2.27. The monoisotopic (exact) mass is 428 g/mol. The Hall–Kier alpha value is -2.52. The summed E-state index contributed by atoms with van der Waals surface area (Å²) in [4.78, 5) is 13.8. The lowest BCUT2D eigenvalue weighted by Crippen LogP contribution is -2.22. The van der Waals surface area contributed by atoms with Crippen molar-refractivity contribution in [1.29, 1.82) is 0 Å². The zero-order chi connectivity index (χ0) is 21.6. The minimum absolute atomic E-state index is 0.222. The largest absolute Gasteiger partial charge is 0.399 e. The van der Waals surface area contributed by atoms with E-state index in [2.05, 4.69) is 46.8 Å². The third-order valence-corrected chi connectivity index (χ3v) is 6.76. The Balaban J connectivity index is 1.76. The summed E-state index contributed by atoms with van der Waals surface area (Å²) in [5.41, 5.74) is 2.73. The first-order valence-corrected chi connectivity index (χ1v) is 14.1. The molecule has 0 saturated carbocycles. The predicted molar refractivity (Wildman–Crippen MR) is 122 cm³/mol. The second-order valence-electron chi connectivity index (χ2n) is 8.57. The molecule has 0 bridgehead atoms. The molecule has 0 aliphatic heterocycles. The van der Waals surface area contributed by atoms with Gasteiger partial charge < -0.3 is 14.1 Å². The van der Waals surface area contributed by atoms with Crippen LogP contribution >= 0.6 is 0 Å². The Labute approximate surface area is 178 Å². The molecular weight excluding hydrogens is 396 g/mol. The molecule has 0 N–H and O–H groups in total. The van der Waals surface area contributed by atoms with Crippen LogP contribution in [0.4, 0.5) is 0 Å². The van der Waals surface area contributed by atoms with Crippen LogP contribution in [0.5, 0.6) is 0 Å². The lowest BCUT2D eigenvalue weighted by Gasteiger charge is -2.15. The van der Waals surface area contributed by atoms with Crippen molar-refractivity contribution in [2.24, 2.45) is 5.16 Å². The summed E-state index contributed by atoms with van der Waals surface area (Å²) in [6.07, 6.45) is 11.0. The second kappa shape index (κ2) is 9.99. The van der Waals surface area contributed by atoms with E-state index >= 15 is 0 Å². The number of oxime groups is 1. The molecule has 30 heavy (non-hydrogen) atoms. The molecule has 0 spiro atoms. The van der Waals surface area contributed by atoms with E-state index in [0.717, 1.165) is 47.8 Å². The number of rotatable bonds is 11. The molecule has 1 unspecified atom stereocenters. The molecule has 162 valence electrons. The van der Waals surface area contributed by atoms with Crippen molar-refractivity contribution < 1.29 is 9.57 Å². The first-order chi connectivity index (χ1) is 14.4. The van der Waals surface area contributed by atoms with Gasteiger partial charge in [0, 0.05) is 50.7 Å².